The van der Waals surface area contributed by atoms with Crippen molar-refractivity contribution in [3.8, 4) is 0 Å². The summed E-state index contributed by atoms with van der Waals surface area (Å²) < 4.78 is 0. The zero-order valence-corrected chi connectivity index (χ0v) is 9.73. The zero-order valence-electron chi connectivity index (χ0n) is 9.73. The predicted octanol–water partition coefficient (Wildman–Crippen LogP) is 3.15. The Morgan fingerprint density at radius 2 is 2.06 bits per heavy atom. The number of fused-ring (bicyclic) bond motifs is 1. The molecule has 0 saturated heterocycles. The Kier molecular flexibility index (Phi) is 2.63. The number of hydrogen-bond donors (Lipinski definition) is 0. The Hall–Kier alpha value is -1.70. The summed E-state index contributed by atoms with van der Waals surface area (Å²) in [6, 6.07) is 12.2. The van der Waals surface area contributed by atoms with Crippen molar-refractivity contribution in [2.24, 2.45) is 5.92 Å². The first-order chi connectivity index (χ1) is 8.33. The molecule has 3 rings (SSSR count). The molecule has 0 spiro atoms. The number of hydrogen-bond acceptors (Lipinski definition) is 2. The lowest BCUT2D eigenvalue weighted by Crippen LogP contribution is -2.10. The third kappa shape index (κ3) is 2.07. The van der Waals surface area contributed by atoms with Crippen LogP contribution >= 0.6 is 0 Å². The Labute approximate surface area is 101 Å². The lowest BCUT2D eigenvalue weighted by Gasteiger charge is -2.07. The van der Waals surface area contributed by atoms with Crippen molar-refractivity contribution in [3.05, 3.63) is 42.1 Å². The number of pyridine rings is 1. The number of para-hydroxylation sites is 1. The number of nitrogens with zero attached hydrogens (tertiary/aromatic N) is 1. The second-order valence-electron chi connectivity index (χ2n) is 4.75. The molecule has 0 N–H and O–H groups in total. The summed E-state index contributed by atoms with van der Waals surface area (Å²) in [5, 5.41) is 1.16. The minimum absolute atomic E-state index is 0.212. The highest BCUT2D eigenvalue weighted by Crippen LogP contribution is 2.25. The highest BCUT2D eigenvalue weighted by atomic mass is 16.1. The van der Waals surface area contributed by atoms with Crippen LogP contribution in [0, 0.1) is 5.92 Å². The van der Waals surface area contributed by atoms with Crippen molar-refractivity contribution in [3.63, 3.8) is 0 Å². The van der Waals surface area contributed by atoms with Crippen LogP contribution in [-0.4, -0.2) is 10.8 Å². The van der Waals surface area contributed by atoms with E-state index in [1.165, 1.54) is 0 Å². The van der Waals surface area contributed by atoms with E-state index >= 15 is 0 Å². The van der Waals surface area contributed by atoms with E-state index in [9.17, 15) is 4.79 Å². The molecule has 0 aliphatic heterocycles. The first kappa shape index (κ1) is 10.5. The second kappa shape index (κ2) is 4.28. The molecule has 0 radical (unpaired) electrons. The summed E-state index contributed by atoms with van der Waals surface area (Å²) in [6.07, 6.45) is 3.66. The minimum atomic E-state index is 0.212. The molecule has 1 aliphatic rings. The van der Waals surface area contributed by atoms with Crippen LogP contribution < -0.4 is 0 Å². The molecule has 1 unspecified atom stereocenters. The molecule has 2 aromatic rings. The van der Waals surface area contributed by atoms with Crippen LogP contribution in [0.5, 0.6) is 0 Å². The molecule has 17 heavy (non-hydrogen) atoms. The van der Waals surface area contributed by atoms with Crippen molar-refractivity contribution < 1.29 is 4.79 Å². The third-order valence-corrected chi connectivity index (χ3v) is 3.54. The Balaban J connectivity index is 1.88. The van der Waals surface area contributed by atoms with E-state index in [0.29, 0.717) is 5.78 Å². The number of Topliss-reactive ketones (excluding diaryl/α,β-unsaturated/α-hetero) is 1. The average molecular weight is 225 g/mol. The standard InChI is InChI=1S/C15H15NO/c17-15-7-3-5-12(15)10-13-9-8-11-4-1-2-6-14(11)16-13/h1-2,4,6,8-9,12H,3,5,7,10H2. The van der Waals surface area contributed by atoms with Crippen LogP contribution in [0.25, 0.3) is 10.9 Å². The van der Waals surface area contributed by atoms with Gasteiger partial charge in [-0.2, -0.15) is 0 Å². The minimum Gasteiger partial charge on any atom is -0.299 e. The van der Waals surface area contributed by atoms with Gasteiger partial charge in [-0.1, -0.05) is 24.3 Å². The van der Waals surface area contributed by atoms with Gasteiger partial charge in [0, 0.05) is 23.4 Å². The monoisotopic (exact) mass is 225 g/mol. The van der Waals surface area contributed by atoms with Crippen LogP contribution in [0.2, 0.25) is 0 Å². The Morgan fingerprint density at radius 1 is 1.18 bits per heavy atom. The summed E-state index contributed by atoms with van der Waals surface area (Å²) >= 11 is 0. The lowest BCUT2D eigenvalue weighted by molar-refractivity contribution is -0.120. The number of carbonyl (C=O) groups excluding carboxylic acids is 1. The smallest absolute Gasteiger partial charge is 0.136 e. The predicted molar refractivity (Wildman–Crippen MR) is 67.8 cm³/mol. The van der Waals surface area contributed by atoms with Gasteiger partial charge in [0.15, 0.2) is 0 Å². The van der Waals surface area contributed by atoms with Gasteiger partial charge in [-0.25, -0.2) is 0 Å². The molecule has 0 bridgehead atoms. The number of carbonyl (C=O) groups is 1. The number of ketones is 1. The van der Waals surface area contributed by atoms with Crippen molar-refractivity contribution in [1.82, 2.24) is 4.98 Å². The molecule has 1 aromatic carbocycles. The van der Waals surface area contributed by atoms with Crippen molar-refractivity contribution in [2.75, 3.05) is 0 Å². The largest absolute Gasteiger partial charge is 0.299 e. The van der Waals surface area contributed by atoms with Crippen LogP contribution in [0.15, 0.2) is 36.4 Å². The maximum atomic E-state index is 11.6. The van der Waals surface area contributed by atoms with Gasteiger partial charge < -0.3 is 0 Å². The van der Waals surface area contributed by atoms with Crippen LogP contribution in [0.4, 0.5) is 0 Å². The van der Waals surface area contributed by atoms with E-state index in [2.05, 4.69) is 17.1 Å². The second-order valence-corrected chi connectivity index (χ2v) is 4.75. The van der Waals surface area contributed by atoms with Crippen molar-refractivity contribution in [1.29, 1.82) is 0 Å². The van der Waals surface area contributed by atoms with Crippen LogP contribution in [0.3, 0.4) is 0 Å². The number of rotatable bonds is 2. The van der Waals surface area contributed by atoms with Crippen LogP contribution in [-0.2, 0) is 11.2 Å². The molecule has 1 atom stereocenters. The fourth-order valence-electron chi connectivity index (χ4n) is 2.58. The normalized spacial score (nSPS) is 20.0. The Morgan fingerprint density at radius 3 is 2.88 bits per heavy atom. The molecule has 0 amide bonds. The highest BCUT2D eigenvalue weighted by Gasteiger charge is 2.24. The molecular formula is C15H15NO. The summed E-state index contributed by atoms with van der Waals surface area (Å²) in [7, 11) is 0. The van der Waals surface area contributed by atoms with Gasteiger partial charge in [0.1, 0.15) is 5.78 Å². The molecule has 1 aromatic heterocycles. The summed E-state index contributed by atoms with van der Waals surface area (Å²) in [5.74, 6) is 0.628. The highest BCUT2D eigenvalue weighted by molar-refractivity contribution is 5.83. The van der Waals surface area contributed by atoms with E-state index in [-0.39, 0.29) is 5.92 Å². The summed E-state index contributed by atoms with van der Waals surface area (Å²) in [5.41, 5.74) is 2.07. The van der Waals surface area contributed by atoms with Crippen molar-refractivity contribution in [2.45, 2.75) is 25.7 Å². The number of benzene rings is 1. The molecule has 1 aliphatic carbocycles. The van der Waals surface area contributed by atoms with Gasteiger partial charge in [0.25, 0.3) is 0 Å². The molecule has 1 fully saturated rings. The van der Waals surface area contributed by atoms with Crippen molar-refractivity contribution >= 4 is 16.7 Å². The van der Waals surface area contributed by atoms with Gasteiger partial charge in [-0.05, 0) is 31.4 Å². The van der Waals surface area contributed by atoms with Gasteiger partial charge >= 0.3 is 0 Å². The maximum absolute atomic E-state index is 11.6. The summed E-state index contributed by atoms with van der Waals surface area (Å²) in [4.78, 5) is 16.2. The van der Waals surface area contributed by atoms with Gasteiger partial charge in [0.2, 0.25) is 0 Å². The third-order valence-electron chi connectivity index (χ3n) is 3.54. The summed E-state index contributed by atoms with van der Waals surface area (Å²) in [6.45, 7) is 0. The molecule has 2 heteroatoms. The molecule has 1 heterocycles. The van der Waals surface area contributed by atoms with E-state index in [4.69, 9.17) is 0 Å². The lowest BCUT2D eigenvalue weighted by atomic mass is 10.00. The van der Waals surface area contributed by atoms with E-state index in [1.807, 2.05) is 24.3 Å². The topological polar surface area (TPSA) is 30.0 Å². The first-order valence-corrected chi connectivity index (χ1v) is 6.20. The molecule has 2 nitrogen and oxygen atoms in total. The quantitative estimate of drug-likeness (QED) is 0.785. The molecular weight excluding hydrogens is 210 g/mol. The first-order valence-electron chi connectivity index (χ1n) is 6.20. The SMILES string of the molecule is O=C1CCCC1Cc1ccc2ccccc2n1. The number of aromatic nitrogens is 1. The fraction of sp³-hybridized carbons (Fsp3) is 0.333. The zero-order chi connectivity index (χ0) is 11.7. The average Bonchev–Trinajstić information content (AvgIpc) is 2.75. The van der Waals surface area contributed by atoms with E-state index in [1.54, 1.807) is 0 Å². The van der Waals surface area contributed by atoms with E-state index < -0.39 is 0 Å². The van der Waals surface area contributed by atoms with Gasteiger partial charge in [-0.15, -0.1) is 0 Å². The van der Waals surface area contributed by atoms with Gasteiger partial charge in [-0.3, -0.25) is 9.78 Å². The maximum Gasteiger partial charge on any atom is 0.136 e. The molecule has 86 valence electrons. The Bertz CT molecular complexity index is 562. The van der Waals surface area contributed by atoms with Crippen LogP contribution in [0.1, 0.15) is 25.0 Å². The molecule has 1 saturated carbocycles. The van der Waals surface area contributed by atoms with E-state index in [0.717, 1.165) is 42.3 Å². The van der Waals surface area contributed by atoms with Gasteiger partial charge in [0.05, 0.1) is 5.52 Å². The fourth-order valence-corrected chi connectivity index (χ4v) is 2.58.